The number of unbranched alkanes of at least 4 members (excludes halogenated alkanes) is 1. The molecule has 0 aliphatic carbocycles. The predicted octanol–water partition coefficient (Wildman–Crippen LogP) is -0.268. The molecular formula is C6H14ClN3O2. The van der Waals surface area contributed by atoms with Crippen LogP contribution in [-0.4, -0.2) is 18.5 Å². The highest BCUT2D eigenvalue weighted by molar-refractivity contribution is 5.85. The van der Waals surface area contributed by atoms with Crippen LogP contribution >= 0.6 is 12.4 Å². The Labute approximate surface area is 77.3 Å². The molecule has 0 saturated carbocycles. The topological polar surface area (TPSA) is 98.2 Å². The van der Waals surface area contributed by atoms with Crippen molar-refractivity contribution >= 4 is 24.3 Å². The summed E-state index contributed by atoms with van der Waals surface area (Å²) in [5.41, 5.74) is 9.68. The Hall–Kier alpha value is -0.970. The van der Waals surface area contributed by atoms with E-state index in [9.17, 15) is 9.59 Å². The number of urea groups is 1. The second-order valence-electron chi connectivity index (χ2n) is 2.21. The molecule has 0 aliphatic heterocycles. The molecular weight excluding hydrogens is 182 g/mol. The summed E-state index contributed by atoms with van der Waals surface area (Å²) in [6, 6.07) is -0.538. The van der Waals surface area contributed by atoms with Gasteiger partial charge in [-0.1, -0.05) is 0 Å². The first-order valence-corrected chi connectivity index (χ1v) is 3.44. The van der Waals surface area contributed by atoms with Crippen molar-refractivity contribution in [1.82, 2.24) is 5.32 Å². The highest BCUT2D eigenvalue weighted by atomic mass is 35.5. The van der Waals surface area contributed by atoms with Gasteiger partial charge in [-0.2, -0.15) is 0 Å². The Morgan fingerprint density at radius 2 is 1.75 bits per heavy atom. The first-order chi connectivity index (χ1) is 5.13. The quantitative estimate of drug-likeness (QED) is 0.527. The van der Waals surface area contributed by atoms with E-state index in [1.54, 1.807) is 0 Å². The number of carbonyl (C=O) groups is 2. The molecule has 0 fully saturated rings. The van der Waals surface area contributed by atoms with Crippen molar-refractivity contribution in [1.29, 1.82) is 0 Å². The lowest BCUT2D eigenvalue weighted by Gasteiger charge is -1.99. The molecule has 6 heteroatoms. The molecule has 5 N–H and O–H groups in total. The van der Waals surface area contributed by atoms with Crippen molar-refractivity contribution in [2.45, 2.75) is 19.3 Å². The fourth-order valence-electron chi connectivity index (χ4n) is 0.636. The van der Waals surface area contributed by atoms with Crippen LogP contribution in [-0.2, 0) is 4.79 Å². The third kappa shape index (κ3) is 11.8. The minimum Gasteiger partial charge on any atom is -0.370 e. The molecule has 0 saturated heterocycles. The van der Waals surface area contributed by atoms with Crippen LogP contribution in [0.3, 0.4) is 0 Å². The Morgan fingerprint density at radius 1 is 1.17 bits per heavy atom. The lowest BCUT2D eigenvalue weighted by atomic mass is 10.2. The summed E-state index contributed by atoms with van der Waals surface area (Å²) in [4.78, 5) is 20.3. The molecule has 5 nitrogen and oxygen atoms in total. The number of amides is 3. The van der Waals surface area contributed by atoms with Crippen LogP contribution < -0.4 is 16.8 Å². The highest BCUT2D eigenvalue weighted by Gasteiger charge is 1.94. The first kappa shape index (κ1) is 13.6. The zero-order valence-corrected chi connectivity index (χ0v) is 7.52. The van der Waals surface area contributed by atoms with Crippen LogP contribution in [0.5, 0.6) is 0 Å². The molecule has 0 rings (SSSR count). The van der Waals surface area contributed by atoms with Crippen molar-refractivity contribution in [2.24, 2.45) is 11.5 Å². The Bertz CT molecular complexity index is 136. The van der Waals surface area contributed by atoms with Crippen LogP contribution in [0, 0.1) is 0 Å². The van der Waals surface area contributed by atoms with E-state index in [4.69, 9.17) is 11.5 Å². The number of rotatable bonds is 5. The van der Waals surface area contributed by atoms with Gasteiger partial charge in [0.2, 0.25) is 5.91 Å². The first-order valence-electron chi connectivity index (χ1n) is 3.44. The van der Waals surface area contributed by atoms with Crippen LogP contribution in [0.4, 0.5) is 4.79 Å². The molecule has 0 radical (unpaired) electrons. The van der Waals surface area contributed by atoms with Gasteiger partial charge in [-0.15, -0.1) is 12.4 Å². The van der Waals surface area contributed by atoms with Gasteiger partial charge in [-0.05, 0) is 12.8 Å². The maximum absolute atomic E-state index is 10.2. The van der Waals surface area contributed by atoms with Gasteiger partial charge in [0.15, 0.2) is 0 Å². The third-order valence-electron chi connectivity index (χ3n) is 1.15. The summed E-state index contributed by atoms with van der Waals surface area (Å²) in [5.74, 6) is -0.316. The molecule has 3 amide bonds. The number of halogens is 1. The molecule has 0 aromatic heterocycles. The van der Waals surface area contributed by atoms with Gasteiger partial charge in [0.05, 0.1) is 0 Å². The van der Waals surface area contributed by atoms with E-state index in [0.717, 1.165) is 6.42 Å². The summed E-state index contributed by atoms with van der Waals surface area (Å²) in [7, 11) is 0. The monoisotopic (exact) mass is 195 g/mol. The standard InChI is InChI=1S/C6H13N3O2.ClH/c7-5(10)3-1-2-4-9-6(8)11;/h1-4H2,(H2,7,10)(H3,8,9,11);1H. The maximum atomic E-state index is 10.2. The van der Waals surface area contributed by atoms with Gasteiger partial charge < -0.3 is 16.8 Å². The number of hydrogen-bond acceptors (Lipinski definition) is 2. The number of nitrogens with two attached hydrogens (primary N) is 2. The summed E-state index contributed by atoms with van der Waals surface area (Å²) in [5, 5.41) is 2.41. The smallest absolute Gasteiger partial charge is 0.312 e. The molecule has 0 spiro atoms. The van der Waals surface area contributed by atoms with E-state index in [1.165, 1.54) is 0 Å². The Kier molecular flexibility index (Phi) is 9.22. The van der Waals surface area contributed by atoms with E-state index >= 15 is 0 Å². The van der Waals surface area contributed by atoms with E-state index in [-0.39, 0.29) is 18.3 Å². The number of carbonyl (C=O) groups excluding carboxylic acids is 2. The minimum atomic E-state index is -0.538. The fraction of sp³-hybridized carbons (Fsp3) is 0.667. The lowest BCUT2D eigenvalue weighted by Crippen LogP contribution is -2.30. The van der Waals surface area contributed by atoms with Crippen molar-refractivity contribution in [3.63, 3.8) is 0 Å². The van der Waals surface area contributed by atoms with Gasteiger partial charge in [-0.25, -0.2) is 4.79 Å². The molecule has 0 unspecified atom stereocenters. The van der Waals surface area contributed by atoms with E-state index in [2.05, 4.69) is 5.32 Å². The summed E-state index contributed by atoms with van der Waals surface area (Å²) in [6.45, 7) is 0.503. The second-order valence-corrected chi connectivity index (χ2v) is 2.21. The molecule has 0 aliphatic rings. The third-order valence-corrected chi connectivity index (χ3v) is 1.15. The van der Waals surface area contributed by atoms with Crippen LogP contribution in [0.2, 0.25) is 0 Å². The van der Waals surface area contributed by atoms with Gasteiger partial charge in [0.1, 0.15) is 0 Å². The minimum absolute atomic E-state index is 0. The maximum Gasteiger partial charge on any atom is 0.312 e. The zero-order valence-electron chi connectivity index (χ0n) is 6.71. The molecule has 12 heavy (non-hydrogen) atoms. The Balaban J connectivity index is 0. The van der Waals surface area contributed by atoms with Crippen molar-refractivity contribution < 1.29 is 9.59 Å². The van der Waals surface area contributed by atoms with Gasteiger partial charge in [0, 0.05) is 13.0 Å². The van der Waals surface area contributed by atoms with Crippen molar-refractivity contribution in [3.8, 4) is 0 Å². The summed E-state index contributed by atoms with van der Waals surface area (Å²) < 4.78 is 0. The van der Waals surface area contributed by atoms with Gasteiger partial charge >= 0.3 is 6.03 Å². The van der Waals surface area contributed by atoms with Gasteiger partial charge in [-0.3, -0.25) is 4.79 Å². The number of primary amides is 2. The molecule has 0 aromatic rings. The fourth-order valence-corrected chi connectivity index (χ4v) is 0.636. The molecule has 72 valence electrons. The zero-order chi connectivity index (χ0) is 8.69. The molecule has 0 heterocycles. The van der Waals surface area contributed by atoms with Crippen LogP contribution in [0.15, 0.2) is 0 Å². The van der Waals surface area contributed by atoms with Gasteiger partial charge in [0.25, 0.3) is 0 Å². The predicted molar refractivity (Wildman–Crippen MR) is 47.9 cm³/mol. The Morgan fingerprint density at radius 3 is 2.17 bits per heavy atom. The van der Waals surface area contributed by atoms with E-state index in [0.29, 0.717) is 19.4 Å². The largest absolute Gasteiger partial charge is 0.370 e. The average molecular weight is 196 g/mol. The van der Waals surface area contributed by atoms with E-state index in [1.807, 2.05) is 0 Å². The summed E-state index contributed by atoms with van der Waals surface area (Å²) in [6.07, 6.45) is 1.78. The highest BCUT2D eigenvalue weighted by Crippen LogP contribution is 1.91. The lowest BCUT2D eigenvalue weighted by molar-refractivity contribution is -0.118. The summed E-state index contributed by atoms with van der Waals surface area (Å²) >= 11 is 0. The number of nitrogens with one attached hydrogen (secondary N) is 1. The molecule has 0 aromatic carbocycles. The van der Waals surface area contributed by atoms with Crippen molar-refractivity contribution in [3.05, 3.63) is 0 Å². The molecule has 0 bridgehead atoms. The van der Waals surface area contributed by atoms with Crippen LogP contribution in [0.1, 0.15) is 19.3 Å². The van der Waals surface area contributed by atoms with Crippen LogP contribution in [0.25, 0.3) is 0 Å². The molecule has 0 atom stereocenters. The van der Waals surface area contributed by atoms with E-state index < -0.39 is 6.03 Å². The normalized spacial score (nSPS) is 8.33. The van der Waals surface area contributed by atoms with Crippen molar-refractivity contribution in [2.75, 3.05) is 6.54 Å². The number of hydrogen-bond donors (Lipinski definition) is 3. The average Bonchev–Trinajstić information content (AvgIpc) is 1.85. The second kappa shape index (κ2) is 8.13. The SMILES string of the molecule is Cl.NC(=O)CCCCNC(N)=O.